The van der Waals surface area contributed by atoms with Crippen LogP contribution < -0.4 is 0 Å². The molecular formula is C25H27ClN2O4. The zero-order valence-electron chi connectivity index (χ0n) is 17.9. The normalized spacial score (nSPS) is 22.9. The fraction of sp³-hybridized carbons (Fsp3) is 0.480. The van der Waals surface area contributed by atoms with Crippen LogP contribution in [0.1, 0.15) is 77.3 Å². The lowest BCUT2D eigenvalue weighted by Gasteiger charge is -2.23. The molecule has 2 aromatic rings. The van der Waals surface area contributed by atoms with Crippen LogP contribution in [-0.4, -0.2) is 38.5 Å². The number of aliphatic hydroxyl groups is 1. The molecule has 0 bridgehead atoms. The van der Waals surface area contributed by atoms with Gasteiger partial charge in [0.25, 0.3) is 5.91 Å². The van der Waals surface area contributed by atoms with E-state index in [-0.39, 0.29) is 24.3 Å². The molecule has 1 aromatic heterocycles. The first kappa shape index (κ1) is 21.4. The van der Waals surface area contributed by atoms with Crippen LogP contribution in [-0.2, 0) is 17.6 Å². The van der Waals surface area contributed by atoms with Crippen molar-refractivity contribution in [3.8, 4) is 0 Å². The standard InChI is InChI=1S/C25H27ClN2O4/c26-20-3-1-2-18(15-5-6-15)22(20)24(30)28-21-12-14(13-29)4-11-19(21)23(27-28)16-7-9-17(10-8-16)25(31)32/h1-3,7,14-15,17,29H,4-6,8-13H2,(H,31,32)/t14-,17?/m0/s1. The maximum absolute atomic E-state index is 13.8. The number of hydrogen-bond donors (Lipinski definition) is 2. The van der Waals surface area contributed by atoms with E-state index >= 15 is 0 Å². The first-order valence-corrected chi connectivity index (χ1v) is 11.8. The Morgan fingerprint density at radius 1 is 1.16 bits per heavy atom. The number of benzene rings is 1. The van der Waals surface area contributed by atoms with E-state index in [1.807, 2.05) is 18.2 Å². The highest BCUT2D eigenvalue weighted by Crippen LogP contribution is 2.44. The number of halogens is 1. The second-order valence-corrected chi connectivity index (χ2v) is 9.71. The number of fused-ring (bicyclic) bond motifs is 1. The van der Waals surface area contributed by atoms with Gasteiger partial charge in [-0.3, -0.25) is 9.59 Å². The van der Waals surface area contributed by atoms with Crippen LogP contribution >= 0.6 is 11.6 Å². The molecule has 6 nitrogen and oxygen atoms in total. The Morgan fingerprint density at radius 3 is 2.62 bits per heavy atom. The summed E-state index contributed by atoms with van der Waals surface area (Å²) in [7, 11) is 0. The molecule has 0 radical (unpaired) electrons. The average molecular weight is 455 g/mol. The molecule has 32 heavy (non-hydrogen) atoms. The molecule has 1 unspecified atom stereocenters. The number of hydrogen-bond acceptors (Lipinski definition) is 4. The number of rotatable bonds is 5. The Bertz CT molecular complexity index is 1120. The molecule has 168 valence electrons. The van der Waals surface area contributed by atoms with E-state index in [1.165, 1.54) is 4.68 Å². The van der Waals surface area contributed by atoms with E-state index in [1.54, 1.807) is 6.07 Å². The second kappa shape index (κ2) is 8.49. The molecule has 7 heteroatoms. The van der Waals surface area contributed by atoms with Crippen molar-refractivity contribution in [3.05, 3.63) is 57.4 Å². The van der Waals surface area contributed by atoms with Crippen molar-refractivity contribution in [2.24, 2.45) is 11.8 Å². The minimum atomic E-state index is -0.764. The van der Waals surface area contributed by atoms with Crippen LogP contribution in [0.25, 0.3) is 5.57 Å². The van der Waals surface area contributed by atoms with Gasteiger partial charge in [0.1, 0.15) is 0 Å². The summed E-state index contributed by atoms with van der Waals surface area (Å²) in [6.45, 7) is 0.0799. The van der Waals surface area contributed by atoms with E-state index in [9.17, 15) is 19.8 Å². The Kier molecular flexibility index (Phi) is 5.68. The third-order valence-corrected chi connectivity index (χ3v) is 7.48. The molecule has 1 aromatic carbocycles. The molecule has 1 saturated carbocycles. The molecule has 3 aliphatic rings. The van der Waals surface area contributed by atoms with Gasteiger partial charge in [0, 0.05) is 12.2 Å². The third-order valence-electron chi connectivity index (χ3n) is 7.17. The van der Waals surface area contributed by atoms with Gasteiger partial charge in [0.15, 0.2) is 0 Å². The van der Waals surface area contributed by atoms with Crippen molar-refractivity contribution in [3.63, 3.8) is 0 Å². The molecule has 2 N–H and O–H groups in total. The monoisotopic (exact) mass is 454 g/mol. The number of carboxylic acids is 1. The molecule has 0 amide bonds. The Morgan fingerprint density at radius 2 is 1.97 bits per heavy atom. The van der Waals surface area contributed by atoms with E-state index in [2.05, 4.69) is 0 Å². The summed E-state index contributed by atoms with van der Waals surface area (Å²) >= 11 is 6.52. The van der Waals surface area contributed by atoms with Crippen molar-refractivity contribution in [1.29, 1.82) is 0 Å². The number of allylic oxidation sites excluding steroid dienone is 2. The number of nitrogens with zero attached hydrogens (tertiary/aromatic N) is 2. The van der Waals surface area contributed by atoms with Gasteiger partial charge in [-0.1, -0.05) is 29.8 Å². The fourth-order valence-electron chi connectivity index (χ4n) is 5.14. The quantitative estimate of drug-likeness (QED) is 0.695. The van der Waals surface area contributed by atoms with E-state index < -0.39 is 5.97 Å². The molecule has 3 aliphatic carbocycles. The van der Waals surface area contributed by atoms with Gasteiger partial charge < -0.3 is 10.2 Å². The first-order valence-electron chi connectivity index (χ1n) is 11.4. The molecule has 5 rings (SSSR count). The summed E-state index contributed by atoms with van der Waals surface area (Å²) in [5.74, 6) is -0.859. The predicted octanol–water partition coefficient (Wildman–Crippen LogP) is 4.47. The molecule has 1 heterocycles. The van der Waals surface area contributed by atoms with Crippen molar-refractivity contribution in [2.75, 3.05) is 6.61 Å². The summed E-state index contributed by atoms with van der Waals surface area (Å²) in [6, 6.07) is 5.63. The first-order chi connectivity index (χ1) is 15.5. The van der Waals surface area contributed by atoms with Gasteiger partial charge >= 0.3 is 5.97 Å². The summed E-state index contributed by atoms with van der Waals surface area (Å²) in [5, 5.41) is 24.3. The van der Waals surface area contributed by atoms with Gasteiger partial charge in [0.05, 0.1) is 27.9 Å². The number of aliphatic hydroxyl groups excluding tert-OH is 1. The lowest BCUT2D eigenvalue weighted by molar-refractivity contribution is -0.141. The van der Waals surface area contributed by atoms with Gasteiger partial charge in [-0.15, -0.1) is 0 Å². The highest BCUT2D eigenvalue weighted by atomic mass is 35.5. The largest absolute Gasteiger partial charge is 0.481 e. The zero-order chi connectivity index (χ0) is 22.4. The highest BCUT2D eigenvalue weighted by Gasteiger charge is 2.34. The van der Waals surface area contributed by atoms with Crippen molar-refractivity contribution in [2.45, 2.75) is 57.3 Å². The minimum absolute atomic E-state index is 0.0799. The maximum atomic E-state index is 13.8. The molecule has 0 spiro atoms. The lowest BCUT2D eigenvalue weighted by atomic mass is 9.83. The number of carbonyl (C=O) groups is 2. The summed E-state index contributed by atoms with van der Waals surface area (Å²) in [5.41, 5.74) is 5.27. The number of aromatic nitrogens is 2. The van der Waals surface area contributed by atoms with Crippen molar-refractivity contribution < 1.29 is 19.8 Å². The Hall–Kier alpha value is -2.44. The van der Waals surface area contributed by atoms with Gasteiger partial charge in [0.2, 0.25) is 0 Å². The smallest absolute Gasteiger partial charge is 0.306 e. The molecular weight excluding hydrogens is 428 g/mol. The lowest BCUT2D eigenvalue weighted by Crippen LogP contribution is -2.24. The molecule has 0 aliphatic heterocycles. The molecule has 1 fully saturated rings. The van der Waals surface area contributed by atoms with Crippen LogP contribution in [0.4, 0.5) is 0 Å². The number of aliphatic carboxylic acids is 1. The minimum Gasteiger partial charge on any atom is -0.481 e. The number of carbonyl (C=O) groups excluding carboxylic acids is 1. The van der Waals surface area contributed by atoms with E-state index in [0.717, 1.165) is 53.8 Å². The predicted molar refractivity (Wildman–Crippen MR) is 121 cm³/mol. The summed E-state index contributed by atoms with van der Waals surface area (Å²) < 4.78 is 1.52. The van der Waals surface area contributed by atoms with Gasteiger partial charge in [-0.25, -0.2) is 0 Å². The van der Waals surface area contributed by atoms with Crippen LogP contribution in [0, 0.1) is 11.8 Å². The topological polar surface area (TPSA) is 92.4 Å². The summed E-state index contributed by atoms with van der Waals surface area (Å²) in [6.07, 6.45) is 7.99. The SMILES string of the molecule is O=C(O)C1CC=C(c2nn(C(=O)c3c(Cl)cccc3C3CC3)c3c2CC[C@H](CO)C3)CC1. The van der Waals surface area contributed by atoms with Crippen molar-refractivity contribution in [1.82, 2.24) is 9.78 Å². The molecule has 0 saturated heterocycles. The van der Waals surface area contributed by atoms with Crippen molar-refractivity contribution >= 4 is 29.1 Å². The van der Waals surface area contributed by atoms with E-state index in [0.29, 0.717) is 42.2 Å². The number of carboxylic acid groups (broad SMARTS) is 1. The Balaban J connectivity index is 1.58. The van der Waals surface area contributed by atoms with Crippen LogP contribution in [0.2, 0.25) is 5.02 Å². The van der Waals surface area contributed by atoms with Gasteiger partial charge in [-0.05, 0) is 80.4 Å². The maximum Gasteiger partial charge on any atom is 0.306 e. The average Bonchev–Trinajstić information content (AvgIpc) is 3.58. The van der Waals surface area contributed by atoms with Crippen LogP contribution in [0.15, 0.2) is 24.3 Å². The highest BCUT2D eigenvalue weighted by molar-refractivity contribution is 6.34. The fourth-order valence-corrected chi connectivity index (χ4v) is 5.41. The zero-order valence-corrected chi connectivity index (χ0v) is 18.6. The third kappa shape index (κ3) is 3.80. The Labute approximate surface area is 191 Å². The van der Waals surface area contributed by atoms with E-state index in [4.69, 9.17) is 16.7 Å². The molecule has 2 atom stereocenters. The van der Waals surface area contributed by atoms with Crippen LogP contribution in [0.5, 0.6) is 0 Å². The van der Waals surface area contributed by atoms with Crippen LogP contribution in [0.3, 0.4) is 0 Å². The second-order valence-electron chi connectivity index (χ2n) is 9.30. The summed E-state index contributed by atoms with van der Waals surface area (Å²) in [4.78, 5) is 25.1. The van der Waals surface area contributed by atoms with Gasteiger partial charge in [-0.2, -0.15) is 9.78 Å².